The van der Waals surface area contributed by atoms with E-state index in [4.69, 9.17) is 9.84 Å². The predicted octanol–water partition coefficient (Wildman–Crippen LogP) is -0.882. The number of aliphatic hydroxyl groups excluding tert-OH is 3. The number of hydrogen-bond acceptors (Lipinski definition) is 5. The molecule has 3 N–H and O–H groups in total. The first-order valence-corrected chi connectivity index (χ1v) is 6.43. The molecule has 0 spiro atoms. The molecule has 6 nitrogen and oxygen atoms in total. The number of carbonyl (C=O) groups excluding carboxylic acids is 1. The van der Waals surface area contributed by atoms with Crippen LogP contribution in [0.15, 0.2) is 23.9 Å². The van der Waals surface area contributed by atoms with Gasteiger partial charge in [0, 0.05) is 12.6 Å². The van der Waals surface area contributed by atoms with Crippen LogP contribution in [0.4, 0.5) is 0 Å². The van der Waals surface area contributed by atoms with Crippen molar-refractivity contribution >= 4 is 5.91 Å². The lowest BCUT2D eigenvalue weighted by atomic mass is 9.94. The van der Waals surface area contributed by atoms with E-state index >= 15 is 0 Å². The predicted molar refractivity (Wildman–Crippen MR) is 64.6 cm³/mol. The van der Waals surface area contributed by atoms with Gasteiger partial charge in [-0.05, 0) is 17.9 Å². The van der Waals surface area contributed by atoms with E-state index < -0.39 is 31.1 Å². The molecule has 19 heavy (non-hydrogen) atoms. The fourth-order valence-electron chi connectivity index (χ4n) is 2.86. The van der Waals surface area contributed by atoms with Crippen molar-refractivity contribution < 1.29 is 24.9 Å². The molecular weight excluding hydrogens is 250 g/mol. The smallest absolute Gasteiger partial charge is 0.229 e. The van der Waals surface area contributed by atoms with Crippen molar-refractivity contribution in [3.63, 3.8) is 0 Å². The molecule has 5 atom stereocenters. The molecule has 0 saturated carbocycles. The highest BCUT2D eigenvalue weighted by atomic mass is 16.6. The average Bonchev–Trinajstić information content (AvgIpc) is 2.95. The number of nitrogens with zero attached hydrogens (tertiary/aromatic N) is 1. The van der Waals surface area contributed by atoms with Crippen LogP contribution in [-0.2, 0) is 9.53 Å². The Labute approximate surface area is 110 Å². The van der Waals surface area contributed by atoms with Gasteiger partial charge in [-0.25, -0.2) is 0 Å². The van der Waals surface area contributed by atoms with Gasteiger partial charge in [0.15, 0.2) is 6.23 Å². The number of allylic oxidation sites excluding steroid dienone is 3. The molecule has 1 fully saturated rings. The van der Waals surface area contributed by atoms with E-state index in [1.165, 1.54) is 4.90 Å². The van der Waals surface area contributed by atoms with Crippen molar-refractivity contribution in [3.05, 3.63) is 23.9 Å². The van der Waals surface area contributed by atoms with Crippen molar-refractivity contribution in [1.82, 2.24) is 4.90 Å². The summed E-state index contributed by atoms with van der Waals surface area (Å²) in [4.78, 5) is 13.4. The second-order valence-corrected chi connectivity index (χ2v) is 5.20. The zero-order chi connectivity index (χ0) is 13.6. The van der Waals surface area contributed by atoms with E-state index in [0.29, 0.717) is 6.42 Å². The molecule has 0 aromatic heterocycles. The molecule has 2 aliphatic heterocycles. The van der Waals surface area contributed by atoms with E-state index in [1.807, 2.05) is 12.2 Å². The number of ether oxygens (including phenoxy) is 1. The van der Waals surface area contributed by atoms with E-state index in [9.17, 15) is 15.0 Å². The van der Waals surface area contributed by atoms with Crippen LogP contribution in [0.1, 0.15) is 12.8 Å². The van der Waals surface area contributed by atoms with Gasteiger partial charge >= 0.3 is 0 Å². The maximum atomic E-state index is 12.1. The van der Waals surface area contributed by atoms with Gasteiger partial charge < -0.3 is 20.1 Å². The number of carbonyl (C=O) groups is 1. The Bertz CT molecular complexity index is 446. The zero-order valence-corrected chi connectivity index (χ0v) is 10.3. The van der Waals surface area contributed by atoms with E-state index in [-0.39, 0.29) is 11.8 Å². The fraction of sp³-hybridized carbons (Fsp3) is 0.615. The van der Waals surface area contributed by atoms with Crippen LogP contribution < -0.4 is 0 Å². The number of amides is 1. The van der Waals surface area contributed by atoms with Crippen LogP contribution in [0.5, 0.6) is 0 Å². The van der Waals surface area contributed by atoms with Crippen molar-refractivity contribution in [2.75, 3.05) is 6.61 Å². The number of aliphatic hydroxyl groups is 3. The van der Waals surface area contributed by atoms with Crippen molar-refractivity contribution in [1.29, 1.82) is 0 Å². The Balaban J connectivity index is 1.84. The highest BCUT2D eigenvalue weighted by Gasteiger charge is 2.47. The lowest BCUT2D eigenvalue weighted by Gasteiger charge is -2.32. The summed E-state index contributed by atoms with van der Waals surface area (Å²) in [6.07, 6.45) is 2.73. The van der Waals surface area contributed by atoms with Crippen molar-refractivity contribution in [2.45, 2.75) is 37.4 Å². The van der Waals surface area contributed by atoms with E-state index in [2.05, 4.69) is 0 Å². The summed E-state index contributed by atoms with van der Waals surface area (Å²) in [5.74, 6) is 0.0909. The lowest BCUT2D eigenvalue weighted by Crippen LogP contribution is -2.46. The first-order valence-electron chi connectivity index (χ1n) is 6.43. The molecule has 3 aliphatic rings. The molecular formula is C13H17NO5. The standard InChI is InChI=1S/C13H17NO5/c15-6-9-11(17)12(18)13(19-9)14-5-8-3-1-2-7(8)4-10(14)16/h1,3,5,7,9,11-13,15,17-18H,2,4,6H2. The first-order chi connectivity index (χ1) is 9.11. The van der Waals surface area contributed by atoms with Crippen LogP contribution in [0.25, 0.3) is 0 Å². The molecule has 2 heterocycles. The Morgan fingerprint density at radius 2 is 2.16 bits per heavy atom. The maximum Gasteiger partial charge on any atom is 0.229 e. The molecule has 3 rings (SSSR count). The third-order valence-corrected chi connectivity index (χ3v) is 3.99. The SMILES string of the molecule is O=C1CC2CC=CC2=CN1C1OC(CO)C(O)C1O. The molecule has 1 saturated heterocycles. The maximum absolute atomic E-state index is 12.1. The summed E-state index contributed by atoms with van der Waals surface area (Å²) in [6.45, 7) is -0.393. The molecule has 0 radical (unpaired) electrons. The molecule has 0 aromatic carbocycles. The van der Waals surface area contributed by atoms with Gasteiger partial charge in [0.1, 0.15) is 18.3 Å². The van der Waals surface area contributed by atoms with E-state index in [1.54, 1.807) is 6.20 Å². The normalized spacial score (nSPS) is 41.6. The van der Waals surface area contributed by atoms with Gasteiger partial charge in [-0.2, -0.15) is 0 Å². The topological polar surface area (TPSA) is 90.2 Å². The second-order valence-electron chi connectivity index (χ2n) is 5.20. The number of rotatable bonds is 2. The summed E-state index contributed by atoms with van der Waals surface area (Å²) < 4.78 is 5.38. The van der Waals surface area contributed by atoms with Gasteiger partial charge in [-0.1, -0.05) is 12.2 Å². The third-order valence-electron chi connectivity index (χ3n) is 3.99. The van der Waals surface area contributed by atoms with Crippen molar-refractivity contribution in [3.8, 4) is 0 Å². The highest BCUT2D eigenvalue weighted by Crippen LogP contribution is 2.35. The Kier molecular flexibility index (Phi) is 3.18. The highest BCUT2D eigenvalue weighted by molar-refractivity contribution is 5.80. The van der Waals surface area contributed by atoms with Gasteiger partial charge in [0.05, 0.1) is 6.61 Å². The molecule has 0 aromatic rings. The fourth-order valence-corrected chi connectivity index (χ4v) is 2.86. The summed E-state index contributed by atoms with van der Waals surface area (Å²) in [7, 11) is 0. The minimum absolute atomic E-state index is 0.132. The van der Waals surface area contributed by atoms with Crippen LogP contribution in [0.3, 0.4) is 0 Å². The third kappa shape index (κ3) is 2.01. The Morgan fingerprint density at radius 3 is 2.84 bits per heavy atom. The van der Waals surface area contributed by atoms with Gasteiger partial charge in [0.2, 0.25) is 5.91 Å². The minimum Gasteiger partial charge on any atom is -0.394 e. The van der Waals surface area contributed by atoms with Gasteiger partial charge in [0.25, 0.3) is 0 Å². The summed E-state index contributed by atoms with van der Waals surface area (Å²) in [6, 6.07) is 0. The summed E-state index contributed by atoms with van der Waals surface area (Å²) in [5, 5.41) is 28.7. The van der Waals surface area contributed by atoms with Crippen LogP contribution in [0.2, 0.25) is 0 Å². The van der Waals surface area contributed by atoms with E-state index in [0.717, 1.165) is 12.0 Å². The average molecular weight is 267 g/mol. The molecule has 6 heteroatoms. The molecule has 0 bridgehead atoms. The summed E-state index contributed by atoms with van der Waals surface area (Å²) >= 11 is 0. The first kappa shape index (κ1) is 12.8. The molecule has 5 unspecified atom stereocenters. The minimum atomic E-state index is -1.21. The van der Waals surface area contributed by atoms with Gasteiger partial charge in [-0.3, -0.25) is 9.69 Å². The summed E-state index contributed by atoms with van der Waals surface area (Å²) in [5.41, 5.74) is 1.04. The Morgan fingerprint density at radius 1 is 1.37 bits per heavy atom. The molecule has 1 aliphatic carbocycles. The largest absolute Gasteiger partial charge is 0.394 e. The van der Waals surface area contributed by atoms with Crippen LogP contribution in [0, 0.1) is 5.92 Å². The molecule has 1 amide bonds. The second kappa shape index (κ2) is 4.72. The zero-order valence-electron chi connectivity index (χ0n) is 10.3. The Hall–Kier alpha value is -1.21. The quantitative estimate of drug-likeness (QED) is 0.604. The van der Waals surface area contributed by atoms with Crippen molar-refractivity contribution in [2.24, 2.45) is 5.92 Å². The van der Waals surface area contributed by atoms with Gasteiger partial charge in [-0.15, -0.1) is 0 Å². The van der Waals surface area contributed by atoms with Crippen LogP contribution >= 0.6 is 0 Å². The number of hydrogen-bond donors (Lipinski definition) is 3. The molecule has 104 valence electrons. The number of fused-ring (bicyclic) bond motifs is 1. The van der Waals surface area contributed by atoms with Crippen LogP contribution in [-0.4, -0.2) is 57.3 Å². The lowest BCUT2D eigenvalue weighted by molar-refractivity contribution is -0.147. The monoisotopic (exact) mass is 267 g/mol.